The van der Waals surface area contributed by atoms with Crippen LogP contribution in [0.15, 0.2) is 71.3 Å². The average molecular weight is 474 g/mol. The van der Waals surface area contributed by atoms with Crippen molar-refractivity contribution in [2.45, 2.75) is 10.6 Å². The van der Waals surface area contributed by atoms with Crippen molar-refractivity contribution in [3.8, 4) is 0 Å². The molecule has 1 aliphatic heterocycles. The zero-order valence-electron chi connectivity index (χ0n) is 15.9. The summed E-state index contributed by atoms with van der Waals surface area (Å²) in [5.41, 5.74) is 8.96. The predicted octanol–water partition coefficient (Wildman–Crippen LogP) is 6.71. The summed E-state index contributed by atoms with van der Waals surface area (Å²) in [6.45, 7) is 0. The number of halogens is 2. The fourth-order valence-corrected chi connectivity index (χ4v) is 5.34. The van der Waals surface area contributed by atoms with Crippen LogP contribution >= 0.6 is 35.0 Å². The summed E-state index contributed by atoms with van der Waals surface area (Å²) < 4.78 is 25.5. The van der Waals surface area contributed by atoms with E-state index in [1.807, 2.05) is 48.5 Å². The number of nitrogens with one attached hydrogen (secondary N) is 1. The third-order valence-electron chi connectivity index (χ3n) is 4.51. The van der Waals surface area contributed by atoms with Crippen molar-refractivity contribution >= 4 is 62.3 Å². The fourth-order valence-electron chi connectivity index (χ4n) is 3.27. The zero-order chi connectivity index (χ0) is 21.3. The van der Waals surface area contributed by atoms with Crippen LogP contribution in [0.4, 0.5) is 5.69 Å². The van der Waals surface area contributed by atoms with E-state index in [9.17, 15) is 8.42 Å². The van der Waals surface area contributed by atoms with Gasteiger partial charge >= 0.3 is 0 Å². The standard InChI is InChI=1S/C23H17Cl2NO2S2/c1-30(27,28)26-19-4-2-3-15(11-19)5-8-21-20-9-6-17(24)12-16(20)14-29-23-13-18(25)7-10-22(21)23/h2-7,9-13,26H,14H2,1H3. The second-order valence-corrected chi connectivity index (χ2v) is 10.5. The van der Waals surface area contributed by atoms with Gasteiger partial charge in [0.2, 0.25) is 10.0 Å². The Balaban J connectivity index is 1.87. The van der Waals surface area contributed by atoms with Crippen molar-refractivity contribution in [2.75, 3.05) is 11.0 Å². The van der Waals surface area contributed by atoms with Crippen LogP contribution in [-0.4, -0.2) is 14.7 Å². The van der Waals surface area contributed by atoms with Crippen LogP contribution < -0.4 is 4.72 Å². The van der Waals surface area contributed by atoms with E-state index in [0.29, 0.717) is 15.7 Å². The molecule has 0 aromatic heterocycles. The molecule has 0 radical (unpaired) electrons. The van der Waals surface area contributed by atoms with Crippen LogP contribution in [-0.2, 0) is 15.8 Å². The maximum Gasteiger partial charge on any atom is 0.229 e. The van der Waals surface area contributed by atoms with Crippen molar-refractivity contribution in [1.82, 2.24) is 0 Å². The molecular weight excluding hydrogens is 457 g/mol. The van der Waals surface area contributed by atoms with E-state index < -0.39 is 10.0 Å². The van der Waals surface area contributed by atoms with E-state index in [2.05, 4.69) is 10.5 Å². The molecule has 0 bridgehead atoms. The quantitative estimate of drug-likeness (QED) is 0.429. The van der Waals surface area contributed by atoms with E-state index in [-0.39, 0.29) is 0 Å². The van der Waals surface area contributed by atoms with Crippen LogP contribution in [0.25, 0.3) is 11.6 Å². The molecule has 152 valence electrons. The minimum absolute atomic E-state index is 0.508. The minimum Gasteiger partial charge on any atom is -0.284 e. The van der Waals surface area contributed by atoms with Crippen LogP contribution in [0.1, 0.15) is 22.3 Å². The van der Waals surface area contributed by atoms with E-state index >= 15 is 0 Å². The van der Waals surface area contributed by atoms with E-state index in [1.54, 1.807) is 30.0 Å². The fraction of sp³-hybridized carbons (Fsp3) is 0.0870. The summed E-state index contributed by atoms with van der Waals surface area (Å²) in [4.78, 5) is 1.08. The summed E-state index contributed by atoms with van der Waals surface area (Å²) in [7, 11) is -3.34. The third-order valence-corrected chi connectivity index (χ3v) is 6.69. The van der Waals surface area contributed by atoms with Gasteiger partial charge in [-0.2, -0.15) is 0 Å². The van der Waals surface area contributed by atoms with Crippen molar-refractivity contribution in [3.63, 3.8) is 0 Å². The Bertz CT molecular complexity index is 1260. The highest BCUT2D eigenvalue weighted by molar-refractivity contribution is 7.98. The summed E-state index contributed by atoms with van der Waals surface area (Å²) in [6, 6.07) is 18.9. The molecule has 30 heavy (non-hydrogen) atoms. The van der Waals surface area contributed by atoms with Gasteiger partial charge in [0.05, 0.1) is 6.26 Å². The number of hydrogen-bond acceptors (Lipinski definition) is 3. The first kappa shape index (κ1) is 21.1. The van der Waals surface area contributed by atoms with Crippen LogP contribution in [0, 0.1) is 0 Å². The Labute approximate surface area is 190 Å². The van der Waals surface area contributed by atoms with Gasteiger partial charge in [-0.3, -0.25) is 4.72 Å². The van der Waals surface area contributed by atoms with Gasteiger partial charge in [-0.1, -0.05) is 47.5 Å². The Morgan fingerprint density at radius 2 is 1.73 bits per heavy atom. The number of hydrogen-bond donors (Lipinski definition) is 1. The van der Waals surface area contributed by atoms with E-state index in [4.69, 9.17) is 23.2 Å². The van der Waals surface area contributed by atoms with E-state index in [1.165, 1.54) is 0 Å². The van der Waals surface area contributed by atoms with Gasteiger partial charge in [-0.25, -0.2) is 8.42 Å². The Morgan fingerprint density at radius 3 is 2.50 bits per heavy atom. The van der Waals surface area contributed by atoms with Crippen LogP contribution in [0.3, 0.4) is 0 Å². The molecule has 7 heteroatoms. The first-order valence-electron chi connectivity index (χ1n) is 9.04. The molecule has 0 unspecified atom stereocenters. The van der Waals surface area contributed by atoms with Crippen molar-refractivity contribution in [2.24, 2.45) is 0 Å². The van der Waals surface area contributed by atoms with Crippen LogP contribution in [0.2, 0.25) is 10.0 Å². The first-order valence-corrected chi connectivity index (χ1v) is 12.7. The molecule has 0 fully saturated rings. The molecule has 0 saturated carbocycles. The molecular formula is C23H17Cl2NO2S2. The third kappa shape index (κ3) is 4.94. The Morgan fingerprint density at radius 1 is 1.00 bits per heavy atom. The topological polar surface area (TPSA) is 46.2 Å². The number of rotatable bonds is 3. The summed E-state index contributed by atoms with van der Waals surface area (Å²) >= 11 is 14.2. The van der Waals surface area contributed by atoms with Crippen molar-refractivity contribution in [3.05, 3.63) is 98.7 Å². The van der Waals surface area contributed by atoms with Gasteiger partial charge < -0.3 is 0 Å². The summed E-state index contributed by atoms with van der Waals surface area (Å²) in [5.74, 6) is 0.780. The molecule has 0 atom stereocenters. The van der Waals surface area contributed by atoms with Crippen molar-refractivity contribution in [1.29, 1.82) is 0 Å². The highest BCUT2D eigenvalue weighted by atomic mass is 35.5. The lowest BCUT2D eigenvalue weighted by Gasteiger charge is -2.09. The Hall–Kier alpha value is -2.14. The number of sulfonamides is 1. The number of benzene rings is 3. The van der Waals surface area contributed by atoms with Crippen molar-refractivity contribution < 1.29 is 8.42 Å². The molecule has 3 aromatic carbocycles. The number of anilines is 1. The lowest BCUT2D eigenvalue weighted by Crippen LogP contribution is -2.09. The monoisotopic (exact) mass is 473 g/mol. The van der Waals surface area contributed by atoms with Gasteiger partial charge in [0.15, 0.2) is 0 Å². The Kier molecular flexibility index (Phi) is 6.01. The lowest BCUT2D eigenvalue weighted by atomic mass is 9.95. The maximum absolute atomic E-state index is 11.5. The van der Waals surface area contributed by atoms with Gasteiger partial charge in [0, 0.05) is 37.5 Å². The lowest BCUT2D eigenvalue weighted by molar-refractivity contribution is 0.607. The van der Waals surface area contributed by atoms with E-state index in [0.717, 1.165) is 44.7 Å². The molecule has 1 aliphatic rings. The van der Waals surface area contributed by atoms with Crippen LogP contribution in [0.5, 0.6) is 0 Å². The molecule has 0 amide bonds. The second-order valence-electron chi connectivity index (χ2n) is 6.89. The van der Waals surface area contributed by atoms with Gasteiger partial charge in [0.1, 0.15) is 0 Å². The van der Waals surface area contributed by atoms with Gasteiger partial charge in [-0.15, -0.1) is 17.5 Å². The molecule has 1 heterocycles. The summed E-state index contributed by atoms with van der Waals surface area (Å²) in [5, 5.41) is 1.38. The minimum atomic E-state index is -3.34. The van der Waals surface area contributed by atoms with Gasteiger partial charge in [0.25, 0.3) is 0 Å². The van der Waals surface area contributed by atoms with Gasteiger partial charge in [-0.05, 0) is 59.2 Å². The average Bonchev–Trinajstić information content (AvgIpc) is 2.81. The normalized spacial score (nSPS) is 13.0. The SMILES string of the molecule is CS(=O)(=O)Nc1cccc(C=C=C2c3ccc(Cl)cc3CSc3cc(Cl)ccc32)c1. The molecule has 0 saturated heterocycles. The highest BCUT2D eigenvalue weighted by Crippen LogP contribution is 2.41. The molecule has 3 nitrogen and oxygen atoms in total. The predicted molar refractivity (Wildman–Crippen MR) is 128 cm³/mol. The highest BCUT2D eigenvalue weighted by Gasteiger charge is 2.19. The largest absolute Gasteiger partial charge is 0.284 e. The second kappa shape index (κ2) is 8.54. The number of fused-ring (bicyclic) bond motifs is 2. The first-order chi connectivity index (χ1) is 14.3. The molecule has 0 spiro atoms. The molecule has 3 aromatic rings. The zero-order valence-corrected chi connectivity index (χ0v) is 19.1. The maximum atomic E-state index is 11.5. The smallest absolute Gasteiger partial charge is 0.229 e. The molecule has 0 aliphatic carbocycles. The summed E-state index contributed by atoms with van der Waals surface area (Å²) in [6.07, 6.45) is 2.99. The number of thioether (sulfide) groups is 1. The molecule has 4 rings (SSSR count). The molecule has 1 N–H and O–H groups in total.